The van der Waals surface area contributed by atoms with E-state index in [0.29, 0.717) is 12.8 Å². The highest BCUT2D eigenvalue weighted by Gasteiger charge is 2.26. The van der Waals surface area contributed by atoms with Crippen LogP contribution in [0.25, 0.3) is 11.1 Å². The van der Waals surface area contributed by atoms with Crippen molar-refractivity contribution in [1.29, 1.82) is 0 Å². The Morgan fingerprint density at radius 3 is 2.20 bits per heavy atom. The average Bonchev–Trinajstić information content (AvgIpc) is 2.58. The Morgan fingerprint density at radius 2 is 1.64 bits per heavy atom. The topological polar surface area (TPSA) is 98.7 Å². The van der Waals surface area contributed by atoms with Crippen LogP contribution in [0.5, 0.6) is 0 Å². The molecule has 2 unspecified atom stereocenters. The molecular weight excluding hydrogens is 320 g/mol. The molecule has 4 N–H and O–H groups in total. The van der Waals surface area contributed by atoms with E-state index in [1.807, 2.05) is 48.5 Å². The summed E-state index contributed by atoms with van der Waals surface area (Å²) in [5.41, 5.74) is 3.61. The van der Waals surface area contributed by atoms with Crippen LogP contribution in [0.2, 0.25) is 0 Å². The minimum atomic E-state index is -0.845. The fourth-order valence-electron chi connectivity index (χ4n) is 2.88. The normalized spacial score (nSPS) is 20.0. The number of rotatable bonds is 5. The van der Waals surface area contributed by atoms with Gasteiger partial charge >= 0.3 is 5.97 Å². The monoisotopic (exact) mass is 340 g/mol. The highest BCUT2D eigenvalue weighted by molar-refractivity contribution is 5.85. The lowest BCUT2D eigenvalue weighted by Crippen LogP contribution is -2.49. The van der Waals surface area contributed by atoms with Gasteiger partial charge in [0.1, 0.15) is 12.3 Å². The van der Waals surface area contributed by atoms with Crippen molar-refractivity contribution in [3.63, 3.8) is 0 Å². The average molecular weight is 340 g/mol. The zero-order valence-corrected chi connectivity index (χ0v) is 13.6. The smallest absolute Gasteiger partial charge is 0.307 e. The Morgan fingerprint density at radius 1 is 1.04 bits per heavy atom. The summed E-state index contributed by atoms with van der Waals surface area (Å²) in [5.74, 6) is -1.04. The van der Waals surface area contributed by atoms with Crippen molar-refractivity contribution in [1.82, 2.24) is 5.32 Å². The number of nitrogens with one attached hydrogen (secondary N) is 2. The van der Waals surface area contributed by atoms with Crippen LogP contribution < -0.4 is 10.6 Å². The van der Waals surface area contributed by atoms with Crippen LogP contribution in [-0.2, 0) is 16.0 Å². The number of aliphatic hydroxyl groups is 1. The van der Waals surface area contributed by atoms with Crippen molar-refractivity contribution in [3.05, 3.63) is 54.1 Å². The highest BCUT2D eigenvalue weighted by Crippen LogP contribution is 2.23. The van der Waals surface area contributed by atoms with Gasteiger partial charge in [-0.25, -0.2) is 0 Å². The first-order chi connectivity index (χ1) is 12.0. The number of aliphatic carboxylic acids is 1. The van der Waals surface area contributed by atoms with Crippen molar-refractivity contribution in [2.24, 2.45) is 0 Å². The lowest BCUT2D eigenvalue weighted by molar-refractivity contribution is -0.136. The molecular formula is C19H20N2O4. The number of anilines is 1. The molecule has 2 atom stereocenters. The molecule has 1 saturated heterocycles. The molecule has 1 amide bonds. The van der Waals surface area contributed by atoms with Gasteiger partial charge in [0.2, 0.25) is 5.91 Å². The maximum Gasteiger partial charge on any atom is 0.307 e. The number of carboxylic acid groups (broad SMARTS) is 1. The Balaban J connectivity index is 1.66. The molecule has 130 valence electrons. The third-order valence-electron chi connectivity index (χ3n) is 4.22. The Bertz CT molecular complexity index is 756. The predicted molar refractivity (Wildman–Crippen MR) is 94.0 cm³/mol. The number of hydrogen-bond acceptors (Lipinski definition) is 4. The van der Waals surface area contributed by atoms with E-state index in [1.54, 1.807) is 0 Å². The zero-order valence-electron chi connectivity index (χ0n) is 13.6. The number of piperidine rings is 1. The van der Waals surface area contributed by atoms with Crippen LogP contribution in [0.15, 0.2) is 48.5 Å². The van der Waals surface area contributed by atoms with Crippen LogP contribution in [0.4, 0.5) is 5.69 Å². The van der Waals surface area contributed by atoms with Gasteiger partial charge in [0, 0.05) is 5.69 Å². The first-order valence-corrected chi connectivity index (χ1v) is 8.17. The molecule has 2 aromatic carbocycles. The zero-order chi connectivity index (χ0) is 17.8. The van der Waals surface area contributed by atoms with E-state index in [9.17, 15) is 14.7 Å². The second-order valence-corrected chi connectivity index (χ2v) is 6.14. The van der Waals surface area contributed by atoms with Gasteiger partial charge in [-0.3, -0.25) is 9.59 Å². The lowest BCUT2D eigenvalue weighted by Gasteiger charge is -2.27. The van der Waals surface area contributed by atoms with E-state index in [2.05, 4.69) is 10.6 Å². The minimum absolute atomic E-state index is 0.0152. The summed E-state index contributed by atoms with van der Waals surface area (Å²) >= 11 is 0. The molecule has 1 aliphatic heterocycles. The van der Waals surface area contributed by atoms with Crippen molar-refractivity contribution < 1.29 is 19.8 Å². The van der Waals surface area contributed by atoms with Gasteiger partial charge in [0.15, 0.2) is 0 Å². The molecule has 1 aliphatic rings. The van der Waals surface area contributed by atoms with Crippen LogP contribution in [0.1, 0.15) is 18.4 Å². The fraction of sp³-hybridized carbons (Fsp3) is 0.263. The molecule has 3 rings (SSSR count). The molecule has 6 heteroatoms. The first-order valence-electron chi connectivity index (χ1n) is 8.17. The number of aliphatic hydroxyl groups excluding tert-OH is 1. The largest absolute Gasteiger partial charge is 0.481 e. The summed E-state index contributed by atoms with van der Waals surface area (Å²) in [5, 5.41) is 23.9. The van der Waals surface area contributed by atoms with E-state index in [0.717, 1.165) is 22.4 Å². The van der Waals surface area contributed by atoms with Gasteiger partial charge in [-0.05, 0) is 41.7 Å². The second kappa shape index (κ2) is 7.36. The van der Waals surface area contributed by atoms with Crippen molar-refractivity contribution >= 4 is 17.6 Å². The number of amides is 1. The lowest BCUT2D eigenvalue weighted by atomic mass is 10.0. The molecule has 25 heavy (non-hydrogen) atoms. The first kappa shape index (κ1) is 17.0. The Labute approximate surface area is 145 Å². The van der Waals surface area contributed by atoms with Crippen LogP contribution >= 0.6 is 0 Å². The van der Waals surface area contributed by atoms with Crippen LogP contribution in [0.3, 0.4) is 0 Å². The summed E-state index contributed by atoms with van der Waals surface area (Å²) in [6.45, 7) is 0. The second-order valence-electron chi connectivity index (χ2n) is 6.14. The van der Waals surface area contributed by atoms with Gasteiger partial charge in [-0.2, -0.15) is 0 Å². The molecule has 1 heterocycles. The third kappa shape index (κ3) is 4.36. The molecule has 0 aliphatic carbocycles. The maximum atomic E-state index is 11.8. The molecule has 0 spiro atoms. The predicted octanol–water partition coefficient (Wildman–Crippen LogP) is 1.99. The van der Waals surface area contributed by atoms with Crippen LogP contribution in [0, 0.1) is 0 Å². The molecule has 0 bridgehead atoms. The van der Waals surface area contributed by atoms with E-state index in [1.165, 1.54) is 0 Å². The molecule has 0 saturated carbocycles. The molecule has 2 aromatic rings. The fourth-order valence-corrected chi connectivity index (χ4v) is 2.88. The van der Waals surface area contributed by atoms with Crippen molar-refractivity contribution in [2.45, 2.75) is 31.5 Å². The number of hydrogen-bond donors (Lipinski definition) is 4. The SMILES string of the molecule is O=C(O)Cc1ccc(-c2ccc(NC3CCC(O)NC3=O)cc2)cc1. The van der Waals surface area contributed by atoms with E-state index < -0.39 is 12.2 Å². The summed E-state index contributed by atoms with van der Waals surface area (Å²) in [6.07, 6.45) is 0.377. The molecule has 0 aromatic heterocycles. The third-order valence-corrected chi connectivity index (χ3v) is 4.22. The minimum Gasteiger partial charge on any atom is -0.481 e. The van der Waals surface area contributed by atoms with Crippen molar-refractivity contribution in [2.75, 3.05) is 5.32 Å². The molecule has 1 fully saturated rings. The van der Waals surface area contributed by atoms with Gasteiger partial charge in [-0.1, -0.05) is 36.4 Å². The summed E-state index contributed by atoms with van der Waals surface area (Å²) in [4.78, 5) is 22.5. The van der Waals surface area contributed by atoms with E-state index in [4.69, 9.17) is 5.11 Å². The Kier molecular flexibility index (Phi) is 5.00. The molecule has 6 nitrogen and oxygen atoms in total. The number of benzene rings is 2. The molecule has 0 radical (unpaired) electrons. The van der Waals surface area contributed by atoms with Crippen molar-refractivity contribution in [3.8, 4) is 11.1 Å². The van der Waals surface area contributed by atoms with Gasteiger partial charge in [0.25, 0.3) is 0 Å². The summed E-state index contributed by atoms with van der Waals surface area (Å²) in [7, 11) is 0. The van der Waals surface area contributed by atoms with Gasteiger partial charge in [0.05, 0.1) is 6.42 Å². The van der Waals surface area contributed by atoms with Crippen LogP contribution in [-0.4, -0.2) is 34.4 Å². The van der Waals surface area contributed by atoms with E-state index >= 15 is 0 Å². The van der Waals surface area contributed by atoms with Gasteiger partial charge < -0.3 is 20.8 Å². The standard InChI is InChI=1S/C19H20N2O4/c22-17-10-9-16(19(25)21-17)20-15-7-5-14(6-8-15)13-3-1-12(2-4-13)11-18(23)24/h1-8,16-17,20,22H,9-11H2,(H,21,25)(H,23,24). The number of carbonyl (C=O) groups is 2. The number of carboxylic acids is 1. The maximum absolute atomic E-state index is 11.8. The highest BCUT2D eigenvalue weighted by atomic mass is 16.4. The summed E-state index contributed by atoms with van der Waals surface area (Å²) < 4.78 is 0. The summed E-state index contributed by atoms with van der Waals surface area (Å²) in [6, 6.07) is 14.8. The van der Waals surface area contributed by atoms with Gasteiger partial charge in [-0.15, -0.1) is 0 Å². The van der Waals surface area contributed by atoms with E-state index in [-0.39, 0.29) is 18.4 Å². The quantitative estimate of drug-likeness (QED) is 0.667. The number of carbonyl (C=O) groups excluding carboxylic acids is 1. The Hall–Kier alpha value is -2.86.